The molecule has 5 unspecified atom stereocenters. The van der Waals surface area contributed by atoms with E-state index in [9.17, 15) is 48.9 Å². The van der Waals surface area contributed by atoms with Crippen LogP contribution >= 0.6 is 0 Å². The van der Waals surface area contributed by atoms with Gasteiger partial charge in [0.25, 0.3) is 0 Å². The van der Waals surface area contributed by atoms with Crippen LogP contribution in [0.3, 0.4) is 0 Å². The first-order valence-electron chi connectivity index (χ1n) is 16.9. The van der Waals surface area contributed by atoms with E-state index in [0.717, 1.165) is 0 Å². The molecule has 290 valence electrons. The van der Waals surface area contributed by atoms with E-state index in [4.69, 9.17) is 17.2 Å². The number of rotatable bonds is 24. The Labute approximate surface area is 301 Å². The largest absolute Gasteiger partial charge is 0.508 e. The van der Waals surface area contributed by atoms with Gasteiger partial charge in [0.05, 0.1) is 0 Å². The SMILES string of the molecule is CC(=O)NC(CCCN=C(N)N)C(=O)NC(CCCCN)C(=O)NC(CCC(=O)O)C(=O)NC(C(=O)NC(Cc1ccc(O)cc1)C(=O)O)C(C)C. The van der Waals surface area contributed by atoms with Crippen molar-refractivity contribution in [3.8, 4) is 5.75 Å². The topological polar surface area (TPSA) is 331 Å². The van der Waals surface area contributed by atoms with Crippen molar-refractivity contribution >= 4 is 47.4 Å². The van der Waals surface area contributed by atoms with Crippen LogP contribution in [0.5, 0.6) is 5.75 Å². The molecule has 5 atom stereocenters. The minimum Gasteiger partial charge on any atom is -0.508 e. The van der Waals surface area contributed by atoms with Crippen LogP contribution in [-0.4, -0.2) is 106 Å². The number of phenolic OH excluding ortho intramolecular Hbond substituents is 1. The number of aliphatic imine (C=N–C) groups is 1. The zero-order valence-electron chi connectivity index (χ0n) is 29.7. The second-order valence-corrected chi connectivity index (χ2v) is 12.5. The van der Waals surface area contributed by atoms with Crippen LogP contribution in [0.25, 0.3) is 0 Å². The quantitative estimate of drug-likeness (QED) is 0.0316. The Morgan fingerprint density at radius 2 is 1.23 bits per heavy atom. The molecule has 0 spiro atoms. The maximum atomic E-state index is 13.6. The zero-order valence-corrected chi connectivity index (χ0v) is 29.7. The summed E-state index contributed by atoms with van der Waals surface area (Å²) in [5.74, 6) is -7.16. The summed E-state index contributed by atoms with van der Waals surface area (Å²) in [6.07, 6.45) is 0.332. The molecule has 0 aliphatic rings. The zero-order chi connectivity index (χ0) is 39.4. The molecule has 0 aromatic heterocycles. The maximum absolute atomic E-state index is 13.6. The number of aliphatic carboxylic acids is 2. The van der Waals surface area contributed by atoms with Gasteiger partial charge in [-0.1, -0.05) is 26.0 Å². The highest BCUT2D eigenvalue weighted by molar-refractivity contribution is 5.96. The lowest BCUT2D eigenvalue weighted by atomic mass is 10.00. The van der Waals surface area contributed by atoms with Gasteiger partial charge >= 0.3 is 11.9 Å². The number of nitrogens with zero attached hydrogens (tertiary/aromatic N) is 1. The number of benzene rings is 1. The molecule has 0 radical (unpaired) electrons. The van der Waals surface area contributed by atoms with E-state index >= 15 is 0 Å². The lowest BCUT2D eigenvalue weighted by Crippen LogP contribution is -2.59. The second kappa shape index (κ2) is 23.1. The lowest BCUT2D eigenvalue weighted by Gasteiger charge is -2.28. The fraction of sp³-hybridized carbons (Fsp3) is 0.576. The van der Waals surface area contributed by atoms with Gasteiger partial charge in [-0.3, -0.25) is 33.8 Å². The van der Waals surface area contributed by atoms with Gasteiger partial charge < -0.3 is 59.1 Å². The summed E-state index contributed by atoms with van der Waals surface area (Å²) in [7, 11) is 0. The first-order valence-corrected chi connectivity index (χ1v) is 16.9. The van der Waals surface area contributed by atoms with Crippen molar-refractivity contribution in [3.63, 3.8) is 0 Å². The molecule has 0 aliphatic heterocycles. The molecule has 0 aliphatic carbocycles. The molecule has 52 heavy (non-hydrogen) atoms. The average molecular weight is 736 g/mol. The first-order chi connectivity index (χ1) is 24.4. The van der Waals surface area contributed by atoms with Crippen LogP contribution in [0.4, 0.5) is 0 Å². The summed E-state index contributed by atoms with van der Waals surface area (Å²) >= 11 is 0. The van der Waals surface area contributed by atoms with E-state index in [2.05, 4.69) is 31.6 Å². The standard InChI is InChI=1S/C33H53N9O10/c1-18(2)27(31(50)41-25(32(51)52)17-20-9-11-21(44)12-10-20)42-30(49)24(13-14-26(45)46)40-29(48)23(7-4-5-15-34)39-28(47)22(38-19(3)43)8-6-16-37-33(35)36/h9-12,18,22-25,27,44H,4-8,13-17,34H2,1-3H3,(H,38,43)(H,39,47)(H,40,48)(H,41,50)(H,42,49)(H,45,46)(H,51,52)(H4,35,36,37). The molecule has 0 heterocycles. The molecular formula is C33H53N9O10. The van der Waals surface area contributed by atoms with E-state index < -0.39 is 84.0 Å². The molecule has 5 amide bonds. The molecular weight excluding hydrogens is 682 g/mol. The Kier molecular flexibility index (Phi) is 19.8. The number of carbonyl (C=O) groups excluding carboxylic acids is 5. The van der Waals surface area contributed by atoms with Crippen LogP contribution in [0.15, 0.2) is 29.3 Å². The number of aromatic hydroxyl groups is 1. The maximum Gasteiger partial charge on any atom is 0.326 e. The van der Waals surface area contributed by atoms with Gasteiger partial charge in [0.15, 0.2) is 5.96 Å². The van der Waals surface area contributed by atoms with Crippen molar-refractivity contribution in [2.45, 2.75) is 102 Å². The number of amides is 5. The highest BCUT2D eigenvalue weighted by Crippen LogP contribution is 2.13. The van der Waals surface area contributed by atoms with Gasteiger partial charge in [-0.2, -0.15) is 0 Å². The van der Waals surface area contributed by atoms with Gasteiger partial charge in [0.2, 0.25) is 29.5 Å². The number of carboxylic acid groups (broad SMARTS) is 2. The van der Waals surface area contributed by atoms with Gasteiger partial charge in [-0.15, -0.1) is 0 Å². The predicted molar refractivity (Wildman–Crippen MR) is 189 cm³/mol. The Balaban J connectivity index is 3.21. The third-order valence-electron chi connectivity index (χ3n) is 7.74. The molecule has 1 rings (SSSR count). The average Bonchev–Trinajstić information content (AvgIpc) is 3.06. The molecule has 19 heteroatoms. The number of guanidine groups is 1. The van der Waals surface area contributed by atoms with Crippen molar-refractivity contribution in [2.75, 3.05) is 13.1 Å². The van der Waals surface area contributed by atoms with Gasteiger partial charge in [0.1, 0.15) is 36.0 Å². The first kappa shape index (κ1) is 44.6. The Morgan fingerprint density at radius 1 is 0.712 bits per heavy atom. The second-order valence-electron chi connectivity index (χ2n) is 12.5. The van der Waals surface area contributed by atoms with E-state index in [1.165, 1.54) is 31.2 Å². The third-order valence-corrected chi connectivity index (χ3v) is 7.74. The summed E-state index contributed by atoms with van der Waals surface area (Å²) in [6.45, 7) is 4.88. The minimum absolute atomic E-state index is 0.0266. The van der Waals surface area contributed by atoms with E-state index in [0.29, 0.717) is 31.4 Å². The van der Waals surface area contributed by atoms with Gasteiger partial charge in [0, 0.05) is 26.3 Å². The van der Waals surface area contributed by atoms with Gasteiger partial charge in [-0.05, 0) is 68.7 Å². The van der Waals surface area contributed by atoms with Crippen LogP contribution in [0, 0.1) is 5.92 Å². The normalized spacial score (nSPS) is 13.7. The summed E-state index contributed by atoms with van der Waals surface area (Å²) in [6, 6.07) is -0.739. The minimum atomic E-state index is -1.48. The Morgan fingerprint density at radius 3 is 1.73 bits per heavy atom. The number of hydrogen-bond acceptors (Lipinski definition) is 10. The van der Waals surface area contributed by atoms with Crippen molar-refractivity contribution in [2.24, 2.45) is 28.1 Å². The van der Waals surface area contributed by atoms with Crippen molar-refractivity contribution in [3.05, 3.63) is 29.8 Å². The molecule has 0 saturated carbocycles. The molecule has 1 aromatic carbocycles. The van der Waals surface area contributed by atoms with Gasteiger partial charge in [-0.25, -0.2) is 4.79 Å². The molecule has 0 saturated heterocycles. The highest BCUT2D eigenvalue weighted by atomic mass is 16.4. The van der Waals surface area contributed by atoms with E-state index in [1.807, 2.05) is 0 Å². The molecule has 1 aromatic rings. The fourth-order valence-electron chi connectivity index (χ4n) is 4.98. The molecule has 0 fully saturated rings. The number of nitrogens with one attached hydrogen (secondary N) is 5. The van der Waals surface area contributed by atoms with Crippen molar-refractivity contribution < 1.29 is 48.9 Å². The number of nitrogens with two attached hydrogens (primary N) is 3. The summed E-state index contributed by atoms with van der Waals surface area (Å²) in [5, 5.41) is 41.2. The van der Waals surface area contributed by atoms with E-state index in [1.54, 1.807) is 13.8 Å². The number of carbonyl (C=O) groups is 7. The molecule has 19 nitrogen and oxygen atoms in total. The van der Waals surface area contributed by atoms with Crippen molar-refractivity contribution in [1.29, 1.82) is 0 Å². The number of carboxylic acids is 2. The number of phenols is 1. The number of hydrogen-bond donors (Lipinski definition) is 11. The summed E-state index contributed by atoms with van der Waals surface area (Å²) in [5.41, 5.74) is 16.8. The Bertz CT molecular complexity index is 1400. The Hall–Kier alpha value is -5.46. The number of unbranched alkanes of at least 4 members (excludes halogenated alkanes) is 1. The molecule has 14 N–H and O–H groups in total. The predicted octanol–water partition coefficient (Wildman–Crippen LogP) is -1.83. The third kappa shape index (κ3) is 17.5. The lowest BCUT2D eigenvalue weighted by molar-refractivity contribution is -0.142. The van der Waals surface area contributed by atoms with Crippen LogP contribution < -0.4 is 43.8 Å². The fourth-order valence-corrected chi connectivity index (χ4v) is 4.98. The van der Waals surface area contributed by atoms with E-state index in [-0.39, 0.29) is 43.9 Å². The monoisotopic (exact) mass is 735 g/mol. The molecule has 0 bridgehead atoms. The summed E-state index contributed by atoms with van der Waals surface area (Å²) < 4.78 is 0. The summed E-state index contributed by atoms with van der Waals surface area (Å²) in [4.78, 5) is 92.9. The van der Waals surface area contributed by atoms with Crippen LogP contribution in [0.2, 0.25) is 0 Å². The smallest absolute Gasteiger partial charge is 0.326 e. The van der Waals surface area contributed by atoms with Crippen LogP contribution in [0.1, 0.15) is 71.3 Å². The highest BCUT2D eigenvalue weighted by Gasteiger charge is 2.33. The van der Waals surface area contributed by atoms with Crippen molar-refractivity contribution in [1.82, 2.24) is 26.6 Å². The van der Waals surface area contributed by atoms with Crippen LogP contribution in [-0.2, 0) is 40.0 Å².